The summed E-state index contributed by atoms with van der Waals surface area (Å²) in [5.74, 6) is 0.548. The first-order chi connectivity index (χ1) is 8.60. The van der Waals surface area contributed by atoms with Gasteiger partial charge in [-0.15, -0.1) is 0 Å². The SMILES string of the molecule is CC1CCN(Cc2cc(C#N)ccc2F)C(C)C1. The number of nitrogens with zero attached hydrogens (tertiary/aromatic N) is 2. The number of hydrogen-bond donors (Lipinski definition) is 0. The average molecular weight is 246 g/mol. The molecule has 1 aromatic carbocycles. The fraction of sp³-hybridized carbons (Fsp3) is 0.533. The minimum atomic E-state index is -0.208. The maximum absolute atomic E-state index is 13.7. The topological polar surface area (TPSA) is 27.0 Å². The van der Waals surface area contributed by atoms with Crippen LogP contribution >= 0.6 is 0 Å². The van der Waals surface area contributed by atoms with Crippen molar-refractivity contribution in [2.45, 2.75) is 39.3 Å². The van der Waals surface area contributed by atoms with Crippen molar-refractivity contribution in [1.82, 2.24) is 4.90 Å². The zero-order chi connectivity index (χ0) is 13.1. The van der Waals surface area contributed by atoms with Crippen molar-refractivity contribution in [3.8, 4) is 6.07 Å². The maximum Gasteiger partial charge on any atom is 0.127 e. The summed E-state index contributed by atoms with van der Waals surface area (Å²) in [5.41, 5.74) is 1.17. The van der Waals surface area contributed by atoms with Crippen LogP contribution in [0.15, 0.2) is 18.2 Å². The molecule has 0 radical (unpaired) electrons. The Hall–Kier alpha value is -1.40. The number of benzene rings is 1. The van der Waals surface area contributed by atoms with Gasteiger partial charge in [-0.2, -0.15) is 5.26 Å². The summed E-state index contributed by atoms with van der Waals surface area (Å²) < 4.78 is 13.7. The zero-order valence-electron chi connectivity index (χ0n) is 11.0. The number of halogens is 1. The van der Waals surface area contributed by atoms with Gasteiger partial charge in [-0.1, -0.05) is 6.92 Å². The van der Waals surface area contributed by atoms with Gasteiger partial charge in [0.15, 0.2) is 0 Å². The molecule has 3 heteroatoms. The first-order valence-electron chi connectivity index (χ1n) is 6.52. The second-order valence-electron chi connectivity index (χ2n) is 5.37. The van der Waals surface area contributed by atoms with Gasteiger partial charge in [0.05, 0.1) is 11.6 Å². The predicted octanol–water partition coefficient (Wildman–Crippen LogP) is 3.32. The van der Waals surface area contributed by atoms with Gasteiger partial charge in [-0.05, 0) is 50.4 Å². The normalized spacial score (nSPS) is 24.8. The molecule has 18 heavy (non-hydrogen) atoms. The molecule has 2 unspecified atom stereocenters. The van der Waals surface area contributed by atoms with Crippen LogP contribution in [0.5, 0.6) is 0 Å². The number of likely N-dealkylation sites (tertiary alicyclic amines) is 1. The number of rotatable bonds is 2. The molecule has 0 N–H and O–H groups in total. The van der Waals surface area contributed by atoms with Crippen LogP contribution in [-0.2, 0) is 6.54 Å². The second-order valence-corrected chi connectivity index (χ2v) is 5.37. The van der Waals surface area contributed by atoms with Crippen molar-refractivity contribution in [2.75, 3.05) is 6.54 Å². The van der Waals surface area contributed by atoms with Crippen LogP contribution in [-0.4, -0.2) is 17.5 Å². The molecule has 2 rings (SSSR count). The van der Waals surface area contributed by atoms with Gasteiger partial charge < -0.3 is 0 Å². The highest BCUT2D eigenvalue weighted by Crippen LogP contribution is 2.24. The van der Waals surface area contributed by atoms with Crippen LogP contribution in [0.2, 0.25) is 0 Å². The Kier molecular flexibility index (Phi) is 3.98. The molecule has 1 aliphatic rings. The molecule has 1 saturated heterocycles. The van der Waals surface area contributed by atoms with Crippen LogP contribution in [0.25, 0.3) is 0 Å². The van der Waals surface area contributed by atoms with Crippen molar-refractivity contribution in [3.05, 3.63) is 35.1 Å². The van der Waals surface area contributed by atoms with Gasteiger partial charge in [0, 0.05) is 18.2 Å². The van der Waals surface area contributed by atoms with Crippen molar-refractivity contribution >= 4 is 0 Å². The highest BCUT2D eigenvalue weighted by molar-refractivity contribution is 5.33. The molecular formula is C15H19FN2. The van der Waals surface area contributed by atoms with Gasteiger partial charge in [0.25, 0.3) is 0 Å². The fourth-order valence-corrected chi connectivity index (χ4v) is 2.67. The zero-order valence-corrected chi connectivity index (χ0v) is 11.0. The van der Waals surface area contributed by atoms with Crippen molar-refractivity contribution in [3.63, 3.8) is 0 Å². The molecule has 0 amide bonds. The van der Waals surface area contributed by atoms with E-state index < -0.39 is 0 Å². The molecule has 0 bridgehead atoms. The molecule has 2 atom stereocenters. The largest absolute Gasteiger partial charge is 0.296 e. The summed E-state index contributed by atoms with van der Waals surface area (Å²) >= 11 is 0. The van der Waals surface area contributed by atoms with Crippen molar-refractivity contribution in [1.29, 1.82) is 5.26 Å². The van der Waals surface area contributed by atoms with E-state index in [-0.39, 0.29) is 5.82 Å². The molecule has 1 aromatic rings. The molecule has 1 fully saturated rings. The molecule has 2 nitrogen and oxygen atoms in total. The van der Waals surface area contributed by atoms with E-state index in [0.717, 1.165) is 12.5 Å². The smallest absolute Gasteiger partial charge is 0.127 e. The van der Waals surface area contributed by atoms with E-state index in [9.17, 15) is 4.39 Å². The first kappa shape index (κ1) is 13.0. The monoisotopic (exact) mass is 246 g/mol. The molecule has 96 valence electrons. The molecule has 0 aliphatic carbocycles. The van der Waals surface area contributed by atoms with E-state index in [1.54, 1.807) is 6.07 Å². The van der Waals surface area contributed by atoms with Gasteiger partial charge in [-0.3, -0.25) is 4.90 Å². The average Bonchev–Trinajstić information content (AvgIpc) is 2.35. The van der Waals surface area contributed by atoms with Gasteiger partial charge in [0.1, 0.15) is 5.82 Å². The summed E-state index contributed by atoms with van der Waals surface area (Å²) in [4.78, 5) is 2.31. The lowest BCUT2D eigenvalue weighted by molar-refractivity contribution is 0.121. The van der Waals surface area contributed by atoms with Crippen LogP contribution < -0.4 is 0 Å². The van der Waals surface area contributed by atoms with Crippen molar-refractivity contribution in [2.24, 2.45) is 5.92 Å². The standard InChI is InChI=1S/C15H19FN2/c1-11-5-6-18(12(2)7-11)10-14-8-13(9-17)3-4-15(14)16/h3-4,8,11-12H,5-7,10H2,1-2H3. The summed E-state index contributed by atoms with van der Waals surface area (Å²) in [7, 11) is 0. The fourth-order valence-electron chi connectivity index (χ4n) is 2.67. The van der Waals surface area contributed by atoms with E-state index in [1.807, 2.05) is 0 Å². The number of piperidine rings is 1. The minimum absolute atomic E-state index is 0.208. The molecule has 0 spiro atoms. The summed E-state index contributed by atoms with van der Waals surface area (Å²) in [6.45, 7) is 6.08. The van der Waals surface area contributed by atoms with E-state index in [4.69, 9.17) is 5.26 Å². The third-order valence-corrected chi connectivity index (χ3v) is 3.82. The Morgan fingerprint density at radius 3 is 2.89 bits per heavy atom. The molecular weight excluding hydrogens is 227 g/mol. The van der Waals surface area contributed by atoms with Gasteiger partial charge in [-0.25, -0.2) is 4.39 Å². The third kappa shape index (κ3) is 2.88. The Morgan fingerprint density at radius 1 is 1.44 bits per heavy atom. The maximum atomic E-state index is 13.7. The lowest BCUT2D eigenvalue weighted by Gasteiger charge is -2.36. The lowest BCUT2D eigenvalue weighted by atomic mass is 9.93. The molecule has 0 saturated carbocycles. The summed E-state index contributed by atoms with van der Waals surface area (Å²) in [6.07, 6.45) is 2.34. The summed E-state index contributed by atoms with van der Waals surface area (Å²) in [5, 5.41) is 8.86. The highest BCUT2D eigenvalue weighted by atomic mass is 19.1. The van der Waals surface area contributed by atoms with E-state index in [1.165, 1.54) is 25.0 Å². The Balaban J connectivity index is 2.12. The molecule has 1 aliphatic heterocycles. The Labute approximate surface area is 108 Å². The van der Waals surface area contributed by atoms with Crippen LogP contribution in [0.1, 0.15) is 37.8 Å². The summed E-state index contributed by atoms with van der Waals surface area (Å²) in [6, 6.07) is 7.14. The quantitative estimate of drug-likeness (QED) is 0.800. The third-order valence-electron chi connectivity index (χ3n) is 3.82. The number of nitriles is 1. The lowest BCUT2D eigenvalue weighted by Crippen LogP contribution is -2.39. The molecule has 0 aromatic heterocycles. The van der Waals surface area contributed by atoms with Crippen LogP contribution in [0, 0.1) is 23.1 Å². The van der Waals surface area contributed by atoms with Crippen LogP contribution in [0.4, 0.5) is 4.39 Å². The Morgan fingerprint density at radius 2 is 2.22 bits per heavy atom. The van der Waals surface area contributed by atoms with Crippen molar-refractivity contribution < 1.29 is 4.39 Å². The predicted molar refractivity (Wildman–Crippen MR) is 69.4 cm³/mol. The highest BCUT2D eigenvalue weighted by Gasteiger charge is 2.23. The number of hydrogen-bond acceptors (Lipinski definition) is 2. The van der Waals surface area contributed by atoms with Gasteiger partial charge >= 0.3 is 0 Å². The van der Waals surface area contributed by atoms with E-state index in [0.29, 0.717) is 23.7 Å². The second kappa shape index (κ2) is 5.49. The minimum Gasteiger partial charge on any atom is -0.296 e. The molecule has 1 heterocycles. The van der Waals surface area contributed by atoms with E-state index >= 15 is 0 Å². The van der Waals surface area contributed by atoms with E-state index in [2.05, 4.69) is 24.8 Å². The Bertz CT molecular complexity index is 464. The van der Waals surface area contributed by atoms with Gasteiger partial charge in [0.2, 0.25) is 0 Å². The van der Waals surface area contributed by atoms with Crippen LogP contribution in [0.3, 0.4) is 0 Å². The first-order valence-corrected chi connectivity index (χ1v) is 6.52.